The van der Waals surface area contributed by atoms with Gasteiger partial charge in [-0.1, -0.05) is 6.92 Å². The van der Waals surface area contributed by atoms with E-state index in [0.29, 0.717) is 6.42 Å². The summed E-state index contributed by atoms with van der Waals surface area (Å²) in [6.45, 7) is 1.93. The molecule has 0 amide bonds. The summed E-state index contributed by atoms with van der Waals surface area (Å²) >= 11 is 3.65. The van der Waals surface area contributed by atoms with E-state index in [1.807, 2.05) is 35.3 Å². The lowest BCUT2D eigenvalue weighted by molar-refractivity contribution is -0.142. The Balaban J connectivity index is 2.50. The number of thioether (sulfide) groups is 2. The maximum atomic E-state index is 10.9. The molecular formula is C8H15NO2S2. The van der Waals surface area contributed by atoms with Crippen molar-refractivity contribution in [1.82, 2.24) is 4.90 Å². The van der Waals surface area contributed by atoms with Gasteiger partial charge in [-0.2, -0.15) is 0 Å². The third-order valence-electron chi connectivity index (χ3n) is 2.00. The minimum atomic E-state index is -0.689. The monoisotopic (exact) mass is 221 g/mol. The van der Waals surface area contributed by atoms with E-state index in [1.165, 1.54) is 0 Å². The highest BCUT2D eigenvalue weighted by Gasteiger charge is 2.24. The summed E-state index contributed by atoms with van der Waals surface area (Å²) in [7, 11) is 0. The Morgan fingerprint density at radius 1 is 1.46 bits per heavy atom. The van der Waals surface area contributed by atoms with Crippen LogP contribution in [0.4, 0.5) is 0 Å². The molecule has 1 heterocycles. The van der Waals surface area contributed by atoms with Crippen molar-refractivity contribution in [3.05, 3.63) is 0 Å². The molecule has 1 rings (SSSR count). The molecule has 5 heteroatoms. The first-order valence-corrected chi connectivity index (χ1v) is 6.69. The lowest BCUT2D eigenvalue weighted by Crippen LogP contribution is -2.39. The van der Waals surface area contributed by atoms with E-state index < -0.39 is 5.97 Å². The highest BCUT2D eigenvalue weighted by molar-refractivity contribution is 8.03. The van der Waals surface area contributed by atoms with Gasteiger partial charge in [-0.05, 0) is 6.42 Å². The molecule has 0 spiro atoms. The molecule has 0 aromatic heterocycles. The quantitative estimate of drug-likeness (QED) is 0.783. The van der Waals surface area contributed by atoms with Crippen molar-refractivity contribution in [2.45, 2.75) is 19.4 Å². The maximum Gasteiger partial charge on any atom is 0.320 e. The van der Waals surface area contributed by atoms with Gasteiger partial charge in [-0.3, -0.25) is 9.69 Å². The standard InChI is InChI=1S/C8H15NO2S2/c1-2-7(8(10)11)9-5-12-3-4-13-6-9/h7H,2-6H2,1H3,(H,10,11). The fourth-order valence-electron chi connectivity index (χ4n) is 1.29. The van der Waals surface area contributed by atoms with Crippen LogP contribution in [0, 0.1) is 0 Å². The molecule has 1 fully saturated rings. The van der Waals surface area contributed by atoms with E-state index in [2.05, 4.69) is 0 Å². The number of carboxylic acids is 1. The second-order valence-corrected chi connectivity index (χ2v) is 5.08. The Morgan fingerprint density at radius 2 is 2.00 bits per heavy atom. The lowest BCUT2D eigenvalue weighted by Gasteiger charge is -2.25. The predicted molar refractivity (Wildman–Crippen MR) is 58.2 cm³/mol. The van der Waals surface area contributed by atoms with Crippen LogP contribution in [-0.4, -0.2) is 45.3 Å². The second kappa shape index (κ2) is 5.78. The zero-order valence-electron chi connectivity index (χ0n) is 7.73. The van der Waals surface area contributed by atoms with Gasteiger partial charge < -0.3 is 5.11 Å². The van der Waals surface area contributed by atoms with E-state index in [9.17, 15) is 4.79 Å². The van der Waals surface area contributed by atoms with Crippen LogP contribution >= 0.6 is 23.5 Å². The summed E-state index contributed by atoms with van der Waals surface area (Å²) in [5, 5.41) is 8.96. The zero-order valence-corrected chi connectivity index (χ0v) is 9.37. The Labute approximate surface area is 87.2 Å². The minimum absolute atomic E-state index is 0.293. The van der Waals surface area contributed by atoms with Gasteiger partial charge in [0.25, 0.3) is 0 Å². The number of hydrogen-bond donors (Lipinski definition) is 1. The molecule has 3 nitrogen and oxygen atoms in total. The maximum absolute atomic E-state index is 10.9. The van der Waals surface area contributed by atoms with Crippen molar-refractivity contribution in [2.24, 2.45) is 0 Å². The SMILES string of the molecule is CCC(C(=O)O)N1CSCCSC1. The topological polar surface area (TPSA) is 40.5 Å². The Hall–Kier alpha value is 0.130. The second-order valence-electron chi connectivity index (χ2n) is 2.93. The number of aliphatic carboxylic acids is 1. The van der Waals surface area contributed by atoms with Gasteiger partial charge >= 0.3 is 5.97 Å². The highest BCUT2D eigenvalue weighted by Crippen LogP contribution is 2.20. The third-order valence-corrected chi connectivity index (χ3v) is 4.27. The average molecular weight is 221 g/mol. The normalized spacial score (nSPS) is 22.2. The number of hydrogen-bond acceptors (Lipinski definition) is 4. The van der Waals surface area contributed by atoms with Crippen LogP contribution in [0.25, 0.3) is 0 Å². The molecule has 1 atom stereocenters. The molecule has 1 aliphatic rings. The van der Waals surface area contributed by atoms with Crippen LogP contribution in [0.5, 0.6) is 0 Å². The zero-order chi connectivity index (χ0) is 9.68. The fraction of sp³-hybridized carbons (Fsp3) is 0.875. The van der Waals surface area contributed by atoms with Crippen LogP contribution in [0.1, 0.15) is 13.3 Å². The largest absolute Gasteiger partial charge is 0.480 e. The van der Waals surface area contributed by atoms with E-state index in [1.54, 1.807) is 0 Å². The first kappa shape index (κ1) is 11.2. The number of carboxylic acid groups (broad SMARTS) is 1. The molecule has 1 saturated heterocycles. The minimum Gasteiger partial charge on any atom is -0.480 e. The number of carbonyl (C=O) groups is 1. The summed E-state index contributed by atoms with van der Waals surface area (Å²) < 4.78 is 0. The Morgan fingerprint density at radius 3 is 2.38 bits per heavy atom. The molecule has 1 aliphatic heterocycles. The number of nitrogens with zero attached hydrogens (tertiary/aromatic N) is 1. The van der Waals surface area contributed by atoms with Crippen LogP contribution in [0.3, 0.4) is 0 Å². The van der Waals surface area contributed by atoms with Crippen molar-refractivity contribution in [2.75, 3.05) is 23.3 Å². The van der Waals surface area contributed by atoms with E-state index >= 15 is 0 Å². The Kier molecular flexibility index (Phi) is 4.98. The fourth-order valence-corrected chi connectivity index (χ4v) is 3.62. The van der Waals surface area contributed by atoms with Crippen molar-refractivity contribution < 1.29 is 9.90 Å². The molecule has 76 valence electrons. The third kappa shape index (κ3) is 3.40. The predicted octanol–water partition coefficient (Wildman–Crippen LogP) is 1.55. The summed E-state index contributed by atoms with van der Waals surface area (Å²) in [6.07, 6.45) is 0.691. The van der Waals surface area contributed by atoms with Crippen molar-refractivity contribution in [1.29, 1.82) is 0 Å². The van der Waals surface area contributed by atoms with Gasteiger partial charge in [0.05, 0.1) is 0 Å². The first-order valence-electron chi connectivity index (χ1n) is 4.38. The van der Waals surface area contributed by atoms with Gasteiger partial charge in [0.15, 0.2) is 0 Å². The molecule has 1 N–H and O–H groups in total. The van der Waals surface area contributed by atoms with Crippen LogP contribution in [0.15, 0.2) is 0 Å². The molecular weight excluding hydrogens is 206 g/mol. The molecule has 13 heavy (non-hydrogen) atoms. The van der Waals surface area contributed by atoms with Crippen molar-refractivity contribution in [3.63, 3.8) is 0 Å². The molecule has 0 aromatic carbocycles. The summed E-state index contributed by atoms with van der Waals surface area (Å²) in [6, 6.07) is -0.293. The lowest BCUT2D eigenvalue weighted by atomic mass is 10.2. The van der Waals surface area contributed by atoms with Gasteiger partial charge in [0.2, 0.25) is 0 Å². The molecule has 0 radical (unpaired) electrons. The van der Waals surface area contributed by atoms with Crippen LogP contribution in [-0.2, 0) is 4.79 Å². The van der Waals surface area contributed by atoms with Gasteiger partial charge in [0, 0.05) is 23.3 Å². The average Bonchev–Trinajstić information content (AvgIpc) is 2.33. The smallest absolute Gasteiger partial charge is 0.320 e. The van der Waals surface area contributed by atoms with Crippen LogP contribution in [0.2, 0.25) is 0 Å². The highest BCUT2D eigenvalue weighted by atomic mass is 32.2. The molecule has 0 bridgehead atoms. The molecule has 0 aromatic rings. The molecule has 0 saturated carbocycles. The van der Waals surface area contributed by atoms with Gasteiger partial charge in [0.1, 0.15) is 6.04 Å². The molecule has 1 unspecified atom stereocenters. The summed E-state index contributed by atoms with van der Waals surface area (Å²) in [4.78, 5) is 12.9. The summed E-state index contributed by atoms with van der Waals surface area (Å²) in [5.74, 6) is 3.30. The van der Waals surface area contributed by atoms with Crippen molar-refractivity contribution >= 4 is 29.5 Å². The first-order chi connectivity index (χ1) is 6.25. The van der Waals surface area contributed by atoms with Gasteiger partial charge in [-0.25, -0.2) is 0 Å². The van der Waals surface area contributed by atoms with E-state index in [0.717, 1.165) is 23.3 Å². The summed E-state index contributed by atoms with van der Waals surface area (Å²) in [5.41, 5.74) is 0. The number of rotatable bonds is 3. The van der Waals surface area contributed by atoms with Gasteiger partial charge in [-0.15, -0.1) is 23.5 Å². The Bertz CT molecular complexity index is 170. The van der Waals surface area contributed by atoms with E-state index in [-0.39, 0.29) is 6.04 Å². The van der Waals surface area contributed by atoms with Crippen LogP contribution < -0.4 is 0 Å². The molecule has 0 aliphatic carbocycles. The van der Waals surface area contributed by atoms with Crippen molar-refractivity contribution in [3.8, 4) is 0 Å². The van der Waals surface area contributed by atoms with E-state index in [4.69, 9.17) is 5.11 Å².